The smallest absolute Gasteiger partial charge is 0.159 e. The molecule has 3 N–H and O–H groups in total. The van der Waals surface area contributed by atoms with E-state index in [9.17, 15) is 4.39 Å². The molecular formula is C19H23FN6. The topological polar surface area (TPSA) is 83.7 Å². The predicted octanol–water partition coefficient (Wildman–Crippen LogP) is 3.11. The molecule has 0 amide bonds. The molecule has 6 nitrogen and oxygen atoms in total. The first-order valence-corrected chi connectivity index (χ1v) is 9.08. The minimum Gasteiger partial charge on any atom is -0.349 e. The van der Waals surface area contributed by atoms with Crippen LogP contribution in [0.5, 0.6) is 0 Å². The number of hydrogen-bond acceptors (Lipinski definition) is 5. The van der Waals surface area contributed by atoms with Crippen LogP contribution in [0.4, 0.5) is 10.2 Å². The molecule has 26 heavy (non-hydrogen) atoms. The summed E-state index contributed by atoms with van der Waals surface area (Å²) < 4.78 is 14.0. The van der Waals surface area contributed by atoms with Crippen LogP contribution in [0.15, 0.2) is 30.7 Å². The van der Waals surface area contributed by atoms with E-state index in [4.69, 9.17) is 10.7 Å². The highest BCUT2D eigenvalue weighted by Gasteiger charge is 2.30. The number of aryl methyl sites for hydroxylation is 1. The molecule has 2 atom stereocenters. The molecule has 0 aromatic carbocycles. The third-order valence-electron chi connectivity index (χ3n) is 4.98. The fourth-order valence-electron chi connectivity index (χ4n) is 3.68. The maximum atomic E-state index is 14.0. The zero-order chi connectivity index (χ0) is 18.1. The van der Waals surface area contributed by atoms with E-state index in [0.717, 1.165) is 60.5 Å². The second-order valence-corrected chi connectivity index (χ2v) is 7.00. The highest BCUT2D eigenvalue weighted by molar-refractivity contribution is 5.72. The number of halogens is 1. The van der Waals surface area contributed by atoms with E-state index in [0.29, 0.717) is 0 Å². The van der Waals surface area contributed by atoms with Gasteiger partial charge in [0.2, 0.25) is 0 Å². The lowest BCUT2D eigenvalue weighted by molar-refractivity contribution is 0.595. The van der Waals surface area contributed by atoms with E-state index in [1.807, 2.05) is 19.1 Å². The number of hydrogen-bond donors (Lipinski definition) is 2. The summed E-state index contributed by atoms with van der Waals surface area (Å²) in [7, 11) is 0. The van der Waals surface area contributed by atoms with Gasteiger partial charge in [0.1, 0.15) is 17.2 Å². The number of pyridine rings is 2. The van der Waals surface area contributed by atoms with Crippen molar-refractivity contribution in [2.24, 2.45) is 5.73 Å². The SMILES string of the molecule is C[C@@H](N)CCc1ncc(F)cc1C1CCCN1c1ccc2nc[nH]c2n1. The Labute approximate surface area is 151 Å². The summed E-state index contributed by atoms with van der Waals surface area (Å²) in [4.78, 5) is 18.6. The van der Waals surface area contributed by atoms with Gasteiger partial charge < -0.3 is 15.6 Å². The molecule has 1 fully saturated rings. The van der Waals surface area contributed by atoms with Gasteiger partial charge in [0.05, 0.1) is 18.6 Å². The maximum Gasteiger partial charge on any atom is 0.159 e. The Balaban J connectivity index is 1.68. The van der Waals surface area contributed by atoms with Gasteiger partial charge in [-0.15, -0.1) is 0 Å². The molecular weight excluding hydrogens is 331 g/mol. The molecule has 0 radical (unpaired) electrons. The molecule has 0 bridgehead atoms. The van der Waals surface area contributed by atoms with Crippen molar-refractivity contribution in [3.63, 3.8) is 0 Å². The number of fused-ring (bicyclic) bond motifs is 1. The molecule has 0 saturated carbocycles. The molecule has 136 valence electrons. The molecule has 1 unspecified atom stereocenters. The number of nitrogens with two attached hydrogens (primary N) is 1. The van der Waals surface area contributed by atoms with Crippen molar-refractivity contribution in [1.82, 2.24) is 19.9 Å². The van der Waals surface area contributed by atoms with Crippen molar-refractivity contribution in [3.8, 4) is 0 Å². The highest BCUT2D eigenvalue weighted by Crippen LogP contribution is 2.37. The van der Waals surface area contributed by atoms with Crippen LogP contribution in [-0.2, 0) is 6.42 Å². The Morgan fingerprint density at radius 2 is 2.27 bits per heavy atom. The first-order chi connectivity index (χ1) is 12.6. The third kappa shape index (κ3) is 3.26. The number of imidazole rings is 1. The molecule has 1 aliphatic heterocycles. The lowest BCUT2D eigenvalue weighted by Gasteiger charge is -2.27. The largest absolute Gasteiger partial charge is 0.349 e. The first kappa shape index (κ1) is 16.9. The van der Waals surface area contributed by atoms with Crippen LogP contribution >= 0.6 is 0 Å². The molecule has 4 rings (SSSR count). The summed E-state index contributed by atoms with van der Waals surface area (Å²) in [6.07, 6.45) is 6.52. The number of aromatic amines is 1. The molecule has 0 spiro atoms. The lowest BCUT2D eigenvalue weighted by atomic mass is 9.98. The molecule has 1 saturated heterocycles. The maximum absolute atomic E-state index is 14.0. The van der Waals surface area contributed by atoms with Gasteiger partial charge in [-0.3, -0.25) is 4.98 Å². The van der Waals surface area contributed by atoms with Crippen LogP contribution in [0.1, 0.15) is 43.5 Å². The van der Waals surface area contributed by atoms with Gasteiger partial charge in [-0.2, -0.15) is 0 Å². The highest BCUT2D eigenvalue weighted by atomic mass is 19.1. The van der Waals surface area contributed by atoms with Crippen molar-refractivity contribution < 1.29 is 4.39 Å². The zero-order valence-electron chi connectivity index (χ0n) is 14.8. The van der Waals surface area contributed by atoms with Crippen LogP contribution in [0.25, 0.3) is 11.2 Å². The van der Waals surface area contributed by atoms with Crippen molar-refractivity contribution in [2.45, 2.75) is 44.7 Å². The minimum absolute atomic E-state index is 0.0779. The molecule has 1 aliphatic rings. The number of anilines is 1. The van der Waals surface area contributed by atoms with Crippen LogP contribution in [0.2, 0.25) is 0 Å². The number of nitrogens with one attached hydrogen (secondary N) is 1. The molecule has 7 heteroatoms. The van der Waals surface area contributed by atoms with E-state index >= 15 is 0 Å². The second-order valence-electron chi connectivity index (χ2n) is 7.00. The summed E-state index contributed by atoms with van der Waals surface area (Å²) in [5.41, 5.74) is 9.40. The third-order valence-corrected chi connectivity index (χ3v) is 4.98. The van der Waals surface area contributed by atoms with Crippen LogP contribution in [0, 0.1) is 5.82 Å². The Morgan fingerprint density at radius 3 is 3.12 bits per heavy atom. The number of rotatable bonds is 5. The van der Waals surface area contributed by atoms with Gasteiger partial charge in [-0.25, -0.2) is 14.4 Å². The normalized spacial score (nSPS) is 18.6. The first-order valence-electron chi connectivity index (χ1n) is 9.08. The molecule has 0 aliphatic carbocycles. The lowest BCUT2D eigenvalue weighted by Crippen LogP contribution is -2.25. The van der Waals surface area contributed by atoms with Crippen molar-refractivity contribution in [3.05, 3.63) is 47.8 Å². The number of aromatic nitrogens is 4. The minimum atomic E-state index is -0.298. The Hall–Kier alpha value is -2.54. The zero-order valence-corrected chi connectivity index (χ0v) is 14.8. The van der Waals surface area contributed by atoms with Crippen LogP contribution < -0.4 is 10.6 Å². The molecule has 4 heterocycles. The Kier molecular flexibility index (Phi) is 4.55. The summed E-state index contributed by atoms with van der Waals surface area (Å²) in [5.74, 6) is 0.583. The second kappa shape index (κ2) is 6.99. The quantitative estimate of drug-likeness (QED) is 0.735. The molecule has 3 aromatic rings. The fraction of sp³-hybridized carbons (Fsp3) is 0.421. The average Bonchev–Trinajstić information content (AvgIpc) is 3.28. The van der Waals surface area contributed by atoms with Gasteiger partial charge in [0.25, 0.3) is 0 Å². The van der Waals surface area contributed by atoms with E-state index in [-0.39, 0.29) is 17.9 Å². The van der Waals surface area contributed by atoms with Crippen molar-refractivity contribution in [2.75, 3.05) is 11.4 Å². The standard InChI is InChI=1S/C19H23FN6/c1-12(21)4-5-15-14(9-13(20)10-22-15)17-3-2-8-26(17)18-7-6-16-19(25-18)24-11-23-16/h6-7,9-12,17H,2-5,8,21H2,1H3,(H,23,24,25)/t12-,17?/m1/s1. The van der Waals surface area contributed by atoms with Crippen LogP contribution in [-0.4, -0.2) is 32.5 Å². The van der Waals surface area contributed by atoms with Crippen molar-refractivity contribution in [1.29, 1.82) is 0 Å². The van der Waals surface area contributed by atoms with Crippen LogP contribution in [0.3, 0.4) is 0 Å². The van der Waals surface area contributed by atoms with E-state index in [1.165, 1.54) is 6.20 Å². The van der Waals surface area contributed by atoms with Gasteiger partial charge in [0, 0.05) is 18.3 Å². The summed E-state index contributed by atoms with van der Waals surface area (Å²) >= 11 is 0. The number of nitrogens with zero attached hydrogens (tertiary/aromatic N) is 4. The van der Waals surface area contributed by atoms with Gasteiger partial charge in [-0.05, 0) is 56.4 Å². The van der Waals surface area contributed by atoms with Crippen molar-refractivity contribution >= 4 is 17.0 Å². The Morgan fingerprint density at radius 1 is 1.38 bits per heavy atom. The summed E-state index contributed by atoms with van der Waals surface area (Å²) in [6, 6.07) is 5.74. The fourth-order valence-corrected chi connectivity index (χ4v) is 3.68. The summed E-state index contributed by atoms with van der Waals surface area (Å²) in [5, 5.41) is 0. The Bertz CT molecular complexity index is 906. The van der Waals surface area contributed by atoms with Gasteiger partial charge >= 0.3 is 0 Å². The summed E-state index contributed by atoms with van der Waals surface area (Å²) in [6.45, 7) is 2.87. The predicted molar refractivity (Wildman–Crippen MR) is 99.4 cm³/mol. The van der Waals surface area contributed by atoms with Gasteiger partial charge in [0.15, 0.2) is 5.65 Å². The number of H-pyrrole nitrogens is 1. The van der Waals surface area contributed by atoms with Gasteiger partial charge in [-0.1, -0.05) is 0 Å². The van der Waals surface area contributed by atoms with E-state index in [2.05, 4.69) is 19.9 Å². The van der Waals surface area contributed by atoms with E-state index in [1.54, 1.807) is 12.4 Å². The monoisotopic (exact) mass is 354 g/mol. The average molecular weight is 354 g/mol. The van der Waals surface area contributed by atoms with E-state index < -0.39 is 0 Å². The molecule has 3 aromatic heterocycles.